The quantitative estimate of drug-likeness (QED) is 0.487. The molecule has 102 valence electrons. The second-order valence-electron chi connectivity index (χ2n) is 4.57. The number of nitrogens with zero attached hydrogens (tertiary/aromatic N) is 1. The molecule has 1 aliphatic rings. The summed E-state index contributed by atoms with van der Waals surface area (Å²) in [5, 5.41) is 13.7. The number of nitro benzene ring substituents is 1. The van der Waals surface area contributed by atoms with E-state index in [9.17, 15) is 14.9 Å². The highest BCUT2D eigenvalue weighted by atomic mass is 32.2. The number of hydrogen-bond acceptors (Lipinski definition) is 5. The lowest BCUT2D eigenvalue weighted by Crippen LogP contribution is -2.32. The number of rotatable bonds is 5. The average Bonchev–Trinajstić information content (AvgIpc) is 3.16. The molecule has 0 aliphatic heterocycles. The molecule has 1 aromatic carbocycles. The van der Waals surface area contributed by atoms with E-state index < -0.39 is 10.8 Å². The number of para-hydroxylation sites is 1. The van der Waals surface area contributed by atoms with Crippen molar-refractivity contribution in [1.29, 1.82) is 0 Å². The van der Waals surface area contributed by atoms with Gasteiger partial charge in [-0.1, -0.05) is 6.07 Å². The summed E-state index contributed by atoms with van der Waals surface area (Å²) in [4.78, 5) is 22.4. The van der Waals surface area contributed by atoms with Crippen LogP contribution in [0.5, 0.6) is 0 Å². The van der Waals surface area contributed by atoms with E-state index in [1.807, 2.05) is 6.26 Å². The van der Waals surface area contributed by atoms with Gasteiger partial charge in [0, 0.05) is 11.3 Å². The zero-order chi connectivity index (χ0) is 14.0. The number of thioether (sulfide) groups is 1. The lowest BCUT2D eigenvalue weighted by Gasteiger charge is -2.13. The monoisotopic (exact) mass is 281 g/mol. The number of nitro groups is 1. The Labute approximate surface area is 114 Å². The maximum absolute atomic E-state index is 12.0. The van der Waals surface area contributed by atoms with Crippen molar-refractivity contribution in [3.63, 3.8) is 0 Å². The number of amides is 1. The molecule has 1 saturated carbocycles. The summed E-state index contributed by atoms with van der Waals surface area (Å²) in [7, 11) is 0. The Hall–Kier alpha value is -1.76. The van der Waals surface area contributed by atoms with Crippen LogP contribution < -0.4 is 11.1 Å². The van der Waals surface area contributed by atoms with Gasteiger partial charge in [-0.15, -0.1) is 0 Å². The SMILES string of the molecule is CSC1(CNC(=O)c2cccc(N)c2[N+](=O)[O-])CC1. The first-order valence-electron chi connectivity index (χ1n) is 5.85. The molecule has 0 heterocycles. The molecule has 0 unspecified atom stereocenters. The predicted octanol–water partition coefficient (Wildman–Crippen LogP) is 1.80. The highest BCUT2D eigenvalue weighted by Crippen LogP contribution is 2.46. The highest BCUT2D eigenvalue weighted by Gasteiger charge is 2.42. The van der Waals surface area contributed by atoms with Gasteiger partial charge in [-0.05, 0) is 31.2 Å². The Balaban J connectivity index is 2.15. The molecule has 1 aliphatic carbocycles. The summed E-state index contributed by atoms with van der Waals surface area (Å²) < 4.78 is 0.116. The van der Waals surface area contributed by atoms with Crippen LogP contribution in [-0.2, 0) is 0 Å². The lowest BCUT2D eigenvalue weighted by molar-refractivity contribution is -0.384. The molecule has 19 heavy (non-hydrogen) atoms. The van der Waals surface area contributed by atoms with Gasteiger partial charge in [0.15, 0.2) is 0 Å². The first-order chi connectivity index (χ1) is 8.99. The van der Waals surface area contributed by atoms with Gasteiger partial charge in [0.25, 0.3) is 5.91 Å². The van der Waals surface area contributed by atoms with Crippen molar-refractivity contribution in [3.05, 3.63) is 33.9 Å². The number of anilines is 1. The Kier molecular flexibility index (Phi) is 3.66. The Morgan fingerprint density at radius 1 is 1.58 bits per heavy atom. The molecule has 0 radical (unpaired) electrons. The molecule has 3 N–H and O–H groups in total. The molecule has 2 rings (SSSR count). The summed E-state index contributed by atoms with van der Waals surface area (Å²) >= 11 is 1.72. The third-order valence-electron chi connectivity index (χ3n) is 3.31. The summed E-state index contributed by atoms with van der Waals surface area (Å²) in [6, 6.07) is 4.38. The van der Waals surface area contributed by atoms with Gasteiger partial charge < -0.3 is 11.1 Å². The summed E-state index contributed by atoms with van der Waals surface area (Å²) in [6.45, 7) is 0.527. The van der Waals surface area contributed by atoms with Crippen molar-refractivity contribution in [2.75, 3.05) is 18.5 Å². The summed E-state index contributed by atoms with van der Waals surface area (Å²) in [6.07, 6.45) is 4.13. The first kappa shape index (κ1) is 13.7. The molecule has 0 spiro atoms. The molecule has 0 saturated heterocycles. The fraction of sp³-hybridized carbons (Fsp3) is 0.417. The Bertz CT molecular complexity index is 529. The molecule has 6 nitrogen and oxygen atoms in total. The molecule has 1 aromatic rings. The highest BCUT2D eigenvalue weighted by molar-refractivity contribution is 8.00. The van der Waals surface area contributed by atoms with Crippen molar-refractivity contribution >= 4 is 29.0 Å². The van der Waals surface area contributed by atoms with Crippen LogP contribution in [0, 0.1) is 10.1 Å². The van der Waals surface area contributed by atoms with E-state index >= 15 is 0 Å². The number of carbonyl (C=O) groups excluding carboxylic acids is 1. The molecular formula is C12H15N3O3S. The van der Waals surface area contributed by atoms with Crippen LogP contribution in [0.25, 0.3) is 0 Å². The standard InChI is InChI=1S/C12H15N3O3S/c1-19-12(5-6-12)7-14-11(16)8-3-2-4-9(13)10(8)15(17)18/h2-4H,5-7,13H2,1H3,(H,14,16). The van der Waals surface area contributed by atoms with Crippen molar-refractivity contribution in [1.82, 2.24) is 5.32 Å². The van der Waals surface area contributed by atoms with Crippen molar-refractivity contribution in [3.8, 4) is 0 Å². The molecule has 0 aromatic heterocycles. The van der Waals surface area contributed by atoms with E-state index in [-0.39, 0.29) is 21.7 Å². The van der Waals surface area contributed by atoms with Gasteiger partial charge in [0.2, 0.25) is 0 Å². The molecule has 7 heteroatoms. The maximum atomic E-state index is 12.0. The number of nitrogens with one attached hydrogen (secondary N) is 1. The van der Waals surface area contributed by atoms with Gasteiger partial charge in [0.1, 0.15) is 11.3 Å². The van der Waals surface area contributed by atoms with E-state index in [1.54, 1.807) is 17.8 Å². The van der Waals surface area contributed by atoms with Gasteiger partial charge >= 0.3 is 5.69 Å². The van der Waals surface area contributed by atoms with Crippen LogP contribution in [0.1, 0.15) is 23.2 Å². The number of carbonyl (C=O) groups is 1. The van der Waals surface area contributed by atoms with E-state index in [0.717, 1.165) is 12.8 Å². The molecule has 0 atom stereocenters. The fourth-order valence-electron chi connectivity index (χ4n) is 1.88. The molecule has 1 amide bonds. The minimum Gasteiger partial charge on any atom is -0.393 e. The fourth-order valence-corrected chi connectivity index (χ4v) is 2.60. The number of nitrogens with two attached hydrogens (primary N) is 1. The van der Waals surface area contributed by atoms with Crippen LogP contribution in [0.3, 0.4) is 0 Å². The summed E-state index contributed by atoms with van der Waals surface area (Å²) in [5.74, 6) is -0.445. The van der Waals surface area contributed by atoms with Gasteiger partial charge in [-0.25, -0.2) is 0 Å². The number of hydrogen-bond donors (Lipinski definition) is 2. The van der Waals surface area contributed by atoms with E-state index in [0.29, 0.717) is 6.54 Å². The topological polar surface area (TPSA) is 98.3 Å². The van der Waals surface area contributed by atoms with Crippen molar-refractivity contribution < 1.29 is 9.72 Å². The zero-order valence-corrected chi connectivity index (χ0v) is 11.3. The molecule has 1 fully saturated rings. The number of nitrogen functional groups attached to an aromatic ring is 1. The third-order valence-corrected chi connectivity index (χ3v) is 4.72. The Morgan fingerprint density at radius 3 is 2.79 bits per heavy atom. The first-order valence-corrected chi connectivity index (χ1v) is 7.08. The normalized spacial score (nSPS) is 15.8. The summed E-state index contributed by atoms with van der Waals surface area (Å²) in [5.41, 5.74) is 5.25. The van der Waals surface area contributed by atoms with Crippen LogP contribution in [0.15, 0.2) is 18.2 Å². The van der Waals surface area contributed by atoms with E-state index in [1.165, 1.54) is 12.1 Å². The van der Waals surface area contributed by atoms with Crippen LogP contribution in [-0.4, -0.2) is 28.4 Å². The number of benzene rings is 1. The van der Waals surface area contributed by atoms with Crippen LogP contribution in [0.2, 0.25) is 0 Å². The average molecular weight is 281 g/mol. The maximum Gasteiger partial charge on any atom is 0.304 e. The largest absolute Gasteiger partial charge is 0.393 e. The Morgan fingerprint density at radius 2 is 2.26 bits per heavy atom. The van der Waals surface area contributed by atoms with Gasteiger partial charge in [0.05, 0.1) is 4.92 Å². The van der Waals surface area contributed by atoms with Crippen molar-refractivity contribution in [2.24, 2.45) is 0 Å². The van der Waals surface area contributed by atoms with E-state index in [4.69, 9.17) is 5.73 Å². The van der Waals surface area contributed by atoms with Crippen LogP contribution >= 0.6 is 11.8 Å². The molecular weight excluding hydrogens is 266 g/mol. The minimum atomic E-state index is -0.619. The molecule has 0 bridgehead atoms. The smallest absolute Gasteiger partial charge is 0.304 e. The third kappa shape index (κ3) is 2.81. The second-order valence-corrected chi connectivity index (χ2v) is 5.84. The second kappa shape index (κ2) is 5.08. The lowest BCUT2D eigenvalue weighted by atomic mass is 10.1. The van der Waals surface area contributed by atoms with Crippen LogP contribution in [0.4, 0.5) is 11.4 Å². The van der Waals surface area contributed by atoms with Gasteiger partial charge in [-0.2, -0.15) is 11.8 Å². The zero-order valence-electron chi connectivity index (χ0n) is 10.5. The predicted molar refractivity (Wildman–Crippen MR) is 75.3 cm³/mol. The van der Waals surface area contributed by atoms with E-state index in [2.05, 4.69) is 5.32 Å². The minimum absolute atomic E-state index is 0.00338. The van der Waals surface area contributed by atoms with Crippen molar-refractivity contribution in [2.45, 2.75) is 17.6 Å². The van der Waals surface area contributed by atoms with Gasteiger partial charge in [-0.3, -0.25) is 14.9 Å².